The molecular formula is C12H18ClNO. The molecule has 1 unspecified atom stereocenters. The summed E-state index contributed by atoms with van der Waals surface area (Å²) in [6.07, 6.45) is -0.628. The van der Waals surface area contributed by atoms with Crippen molar-refractivity contribution in [1.82, 2.24) is 0 Å². The molecule has 0 aliphatic carbocycles. The van der Waals surface area contributed by atoms with Crippen LogP contribution in [0.2, 0.25) is 5.02 Å². The standard InChI is InChI=1S/C12H18ClNO/c1-12(2,3)9-5-4-8(6-10(9)13)11(15)7-14/h4-6,11,15H,7,14H2,1-3H3. The van der Waals surface area contributed by atoms with E-state index in [1.807, 2.05) is 12.1 Å². The van der Waals surface area contributed by atoms with Gasteiger partial charge in [0, 0.05) is 11.6 Å². The lowest BCUT2D eigenvalue weighted by Gasteiger charge is -2.21. The van der Waals surface area contributed by atoms with Gasteiger partial charge in [0.2, 0.25) is 0 Å². The minimum atomic E-state index is -0.628. The van der Waals surface area contributed by atoms with Gasteiger partial charge in [-0.05, 0) is 22.6 Å². The second kappa shape index (κ2) is 4.52. The van der Waals surface area contributed by atoms with Gasteiger partial charge in [0.1, 0.15) is 0 Å². The monoisotopic (exact) mass is 227 g/mol. The Hall–Kier alpha value is -0.570. The van der Waals surface area contributed by atoms with Crippen LogP contribution in [0.25, 0.3) is 0 Å². The Labute approximate surface area is 96.1 Å². The average Bonchev–Trinajstić information content (AvgIpc) is 2.14. The fraction of sp³-hybridized carbons (Fsp3) is 0.500. The molecule has 0 saturated carbocycles. The molecule has 1 atom stereocenters. The molecule has 0 saturated heterocycles. The molecule has 84 valence electrons. The van der Waals surface area contributed by atoms with Crippen LogP contribution in [0.3, 0.4) is 0 Å². The van der Waals surface area contributed by atoms with Gasteiger partial charge in [0.05, 0.1) is 6.10 Å². The summed E-state index contributed by atoms with van der Waals surface area (Å²) in [5, 5.41) is 10.3. The first-order valence-electron chi connectivity index (χ1n) is 5.04. The van der Waals surface area contributed by atoms with E-state index in [9.17, 15) is 5.11 Å². The van der Waals surface area contributed by atoms with Gasteiger partial charge in [-0.2, -0.15) is 0 Å². The highest BCUT2D eigenvalue weighted by atomic mass is 35.5. The van der Waals surface area contributed by atoms with Crippen LogP contribution >= 0.6 is 11.6 Å². The van der Waals surface area contributed by atoms with Crippen molar-refractivity contribution >= 4 is 11.6 Å². The summed E-state index contributed by atoms with van der Waals surface area (Å²) >= 11 is 6.16. The largest absolute Gasteiger partial charge is 0.387 e. The number of rotatable bonds is 2. The maximum atomic E-state index is 9.56. The zero-order chi connectivity index (χ0) is 11.6. The van der Waals surface area contributed by atoms with Crippen LogP contribution in [-0.4, -0.2) is 11.7 Å². The van der Waals surface area contributed by atoms with Crippen molar-refractivity contribution in [2.75, 3.05) is 6.54 Å². The molecule has 1 aromatic rings. The van der Waals surface area contributed by atoms with Gasteiger partial charge in [-0.25, -0.2) is 0 Å². The lowest BCUT2D eigenvalue weighted by atomic mass is 9.86. The number of hydrogen-bond acceptors (Lipinski definition) is 2. The van der Waals surface area contributed by atoms with E-state index in [4.69, 9.17) is 17.3 Å². The fourth-order valence-electron chi connectivity index (χ4n) is 1.48. The quantitative estimate of drug-likeness (QED) is 0.816. The Kier molecular flexibility index (Phi) is 3.77. The third-order valence-electron chi connectivity index (χ3n) is 2.41. The molecule has 0 aliphatic rings. The zero-order valence-electron chi connectivity index (χ0n) is 9.42. The van der Waals surface area contributed by atoms with Crippen molar-refractivity contribution in [3.8, 4) is 0 Å². The van der Waals surface area contributed by atoms with Gasteiger partial charge in [-0.1, -0.05) is 44.5 Å². The van der Waals surface area contributed by atoms with E-state index >= 15 is 0 Å². The molecule has 0 fully saturated rings. The maximum absolute atomic E-state index is 9.56. The molecule has 0 amide bonds. The number of nitrogens with two attached hydrogens (primary N) is 1. The van der Waals surface area contributed by atoms with Crippen molar-refractivity contribution in [1.29, 1.82) is 0 Å². The molecule has 1 aromatic carbocycles. The Morgan fingerprint density at radius 1 is 1.40 bits per heavy atom. The van der Waals surface area contributed by atoms with E-state index in [1.165, 1.54) is 0 Å². The first kappa shape index (κ1) is 12.5. The van der Waals surface area contributed by atoms with Crippen LogP contribution in [0.1, 0.15) is 38.0 Å². The van der Waals surface area contributed by atoms with Gasteiger partial charge in [-0.3, -0.25) is 0 Å². The van der Waals surface area contributed by atoms with Gasteiger partial charge >= 0.3 is 0 Å². The van der Waals surface area contributed by atoms with E-state index in [2.05, 4.69) is 20.8 Å². The molecule has 0 spiro atoms. The molecule has 0 aromatic heterocycles. The molecule has 0 heterocycles. The Balaban J connectivity index is 3.09. The van der Waals surface area contributed by atoms with Crippen molar-refractivity contribution in [3.05, 3.63) is 34.3 Å². The molecule has 2 nitrogen and oxygen atoms in total. The van der Waals surface area contributed by atoms with Crippen molar-refractivity contribution in [2.45, 2.75) is 32.3 Å². The minimum absolute atomic E-state index is 0.0171. The third kappa shape index (κ3) is 2.94. The van der Waals surface area contributed by atoms with E-state index in [0.29, 0.717) is 5.02 Å². The topological polar surface area (TPSA) is 46.2 Å². The minimum Gasteiger partial charge on any atom is -0.387 e. The number of aliphatic hydroxyl groups is 1. The Morgan fingerprint density at radius 2 is 2.00 bits per heavy atom. The first-order valence-corrected chi connectivity index (χ1v) is 5.42. The zero-order valence-corrected chi connectivity index (χ0v) is 10.2. The van der Waals surface area contributed by atoms with Crippen LogP contribution in [0.4, 0.5) is 0 Å². The SMILES string of the molecule is CC(C)(C)c1ccc(C(O)CN)cc1Cl. The highest BCUT2D eigenvalue weighted by Gasteiger charge is 2.18. The molecule has 3 heteroatoms. The van der Waals surface area contributed by atoms with Crippen LogP contribution in [-0.2, 0) is 5.41 Å². The third-order valence-corrected chi connectivity index (χ3v) is 2.72. The molecule has 1 rings (SSSR count). The van der Waals surface area contributed by atoms with Gasteiger partial charge in [-0.15, -0.1) is 0 Å². The van der Waals surface area contributed by atoms with Gasteiger partial charge < -0.3 is 10.8 Å². The number of aliphatic hydroxyl groups excluding tert-OH is 1. The van der Waals surface area contributed by atoms with E-state index < -0.39 is 6.10 Å². The van der Waals surface area contributed by atoms with Crippen LogP contribution in [0.5, 0.6) is 0 Å². The number of halogens is 1. The summed E-state index contributed by atoms with van der Waals surface area (Å²) in [5.74, 6) is 0. The average molecular weight is 228 g/mol. The highest BCUT2D eigenvalue weighted by molar-refractivity contribution is 6.31. The molecule has 0 bridgehead atoms. The van der Waals surface area contributed by atoms with E-state index in [-0.39, 0.29) is 12.0 Å². The normalized spacial score (nSPS) is 14.0. The predicted octanol–water partition coefficient (Wildman–Crippen LogP) is 2.63. The summed E-state index contributed by atoms with van der Waals surface area (Å²) in [6, 6.07) is 5.63. The second-order valence-corrected chi connectivity index (χ2v) is 5.15. The summed E-state index contributed by atoms with van der Waals surface area (Å²) < 4.78 is 0. The van der Waals surface area contributed by atoms with Crippen LogP contribution in [0, 0.1) is 0 Å². The first-order chi connectivity index (χ1) is 6.86. The smallest absolute Gasteiger partial charge is 0.0912 e. The molecule has 0 radical (unpaired) electrons. The highest BCUT2D eigenvalue weighted by Crippen LogP contribution is 2.31. The summed E-state index contributed by atoms with van der Waals surface area (Å²) in [4.78, 5) is 0. The molecule has 0 aliphatic heterocycles. The number of hydrogen-bond donors (Lipinski definition) is 2. The second-order valence-electron chi connectivity index (χ2n) is 4.74. The van der Waals surface area contributed by atoms with Crippen LogP contribution in [0.15, 0.2) is 18.2 Å². The predicted molar refractivity (Wildman–Crippen MR) is 64.2 cm³/mol. The fourth-order valence-corrected chi connectivity index (χ4v) is 1.96. The molecule has 3 N–H and O–H groups in total. The molecular weight excluding hydrogens is 210 g/mol. The van der Waals surface area contributed by atoms with Gasteiger partial charge in [0.15, 0.2) is 0 Å². The summed E-state index contributed by atoms with van der Waals surface area (Å²) in [6.45, 7) is 6.53. The lowest BCUT2D eigenvalue weighted by molar-refractivity contribution is 0.186. The lowest BCUT2D eigenvalue weighted by Crippen LogP contribution is -2.14. The maximum Gasteiger partial charge on any atom is 0.0912 e. The van der Waals surface area contributed by atoms with Crippen LogP contribution < -0.4 is 5.73 Å². The van der Waals surface area contributed by atoms with Crippen molar-refractivity contribution in [2.24, 2.45) is 5.73 Å². The van der Waals surface area contributed by atoms with E-state index in [1.54, 1.807) is 6.07 Å². The summed E-state index contributed by atoms with van der Waals surface area (Å²) in [5.41, 5.74) is 7.26. The number of benzene rings is 1. The Bertz CT molecular complexity index is 344. The van der Waals surface area contributed by atoms with E-state index in [0.717, 1.165) is 11.1 Å². The van der Waals surface area contributed by atoms with Crippen molar-refractivity contribution in [3.63, 3.8) is 0 Å². The summed E-state index contributed by atoms with van der Waals surface area (Å²) in [7, 11) is 0. The molecule has 15 heavy (non-hydrogen) atoms. The van der Waals surface area contributed by atoms with Gasteiger partial charge in [0.25, 0.3) is 0 Å². The van der Waals surface area contributed by atoms with Crippen molar-refractivity contribution < 1.29 is 5.11 Å². The Morgan fingerprint density at radius 3 is 2.40 bits per heavy atom.